The molecule has 8 heteroatoms. The van der Waals surface area contributed by atoms with Crippen LogP contribution < -0.4 is 16.0 Å². The van der Waals surface area contributed by atoms with Crippen molar-refractivity contribution >= 4 is 39.7 Å². The lowest BCUT2D eigenvalue weighted by atomic mass is 10.2. The van der Waals surface area contributed by atoms with Crippen LogP contribution in [0.3, 0.4) is 0 Å². The van der Waals surface area contributed by atoms with Gasteiger partial charge in [-0.2, -0.15) is 0 Å². The van der Waals surface area contributed by atoms with Crippen LogP contribution in [-0.2, 0) is 6.54 Å². The maximum atomic E-state index is 12.6. The first-order valence-corrected chi connectivity index (χ1v) is 9.84. The van der Waals surface area contributed by atoms with E-state index in [2.05, 4.69) is 30.9 Å². The van der Waals surface area contributed by atoms with Gasteiger partial charge in [0.2, 0.25) is 0 Å². The van der Waals surface area contributed by atoms with Crippen molar-refractivity contribution in [2.24, 2.45) is 0 Å². The van der Waals surface area contributed by atoms with Crippen molar-refractivity contribution in [1.29, 1.82) is 0 Å². The molecule has 0 unspecified atom stereocenters. The van der Waals surface area contributed by atoms with Crippen LogP contribution in [0.4, 0.5) is 11.4 Å². The standard InChI is InChI=1S/C20H20N6OS/c27-20(25-11-10-21-13-14-3-1-2-7-22-14)18-17(6-12-28-18)26-16-5-9-24-19-15(16)4-8-23-19/h1-9,12,21H,10-11,13H2,(H,25,27)(H2,23,24,26). The number of pyridine rings is 2. The van der Waals surface area contributed by atoms with Gasteiger partial charge in [0, 0.05) is 43.6 Å². The Balaban J connectivity index is 1.32. The SMILES string of the molecule is O=C(NCCNCc1ccccn1)c1sccc1Nc1ccnc2[nH]ccc12. The smallest absolute Gasteiger partial charge is 0.263 e. The Hall–Kier alpha value is -3.23. The molecule has 0 aromatic carbocycles. The number of aromatic nitrogens is 3. The number of hydrogen-bond acceptors (Lipinski definition) is 6. The summed E-state index contributed by atoms with van der Waals surface area (Å²) >= 11 is 1.42. The summed E-state index contributed by atoms with van der Waals surface area (Å²) < 4.78 is 0. The van der Waals surface area contributed by atoms with Gasteiger partial charge in [0.25, 0.3) is 5.91 Å². The highest BCUT2D eigenvalue weighted by Gasteiger charge is 2.14. The number of H-pyrrole nitrogens is 1. The van der Waals surface area contributed by atoms with E-state index >= 15 is 0 Å². The highest BCUT2D eigenvalue weighted by molar-refractivity contribution is 7.12. The molecule has 0 fully saturated rings. The molecule has 7 nitrogen and oxygen atoms in total. The van der Waals surface area contributed by atoms with Gasteiger partial charge in [-0.25, -0.2) is 4.98 Å². The zero-order chi connectivity index (χ0) is 19.2. The summed E-state index contributed by atoms with van der Waals surface area (Å²) in [4.78, 5) is 24.9. The van der Waals surface area contributed by atoms with Crippen molar-refractivity contribution in [3.8, 4) is 0 Å². The molecule has 4 aromatic heterocycles. The third kappa shape index (κ3) is 4.19. The van der Waals surface area contributed by atoms with Crippen molar-refractivity contribution in [1.82, 2.24) is 25.6 Å². The van der Waals surface area contributed by atoms with Crippen LogP contribution in [0.15, 0.2) is 60.4 Å². The second-order valence-corrected chi connectivity index (χ2v) is 7.06. The summed E-state index contributed by atoms with van der Waals surface area (Å²) in [7, 11) is 0. The summed E-state index contributed by atoms with van der Waals surface area (Å²) in [5, 5.41) is 12.5. The Morgan fingerprint density at radius 1 is 1.04 bits per heavy atom. The van der Waals surface area contributed by atoms with Gasteiger partial charge in [0.1, 0.15) is 10.5 Å². The molecular formula is C20H20N6OS. The van der Waals surface area contributed by atoms with E-state index < -0.39 is 0 Å². The Labute approximate surface area is 166 Å². The van der Waals surface area contributed by atoms with Gasteiger partial charge in [-0.3, -0.25) is 9.78 Å². The Bertz CT molecular complexity index is 1060. The molecular weight excluding hydrogens is 372 g/mol. The maximum Gasteiger partial charge on any atom is 0.263 e. The molecule has 4 heterocycles. The first-order valence-electron chi connectivity index (χ1n) is 8.97. The molecule has 4 aromatic rings. The maximum absolute atomic E-state index is 12.6. The fraction of sp³-hybridized carbons (Fsp3) is 0.150. The number of nitrogens with zero attached hydrogens (tertiary/aromatic N) is 2. The number of aromatic amines is 1. The predicted molar refractivity (Wildman–Crippen MR) is 112 cm³/mol. The topological polar surface area (TPSA) is 94.7 Å². The second-order valence-electron chi connectivity index (χ2n) is 6.14. The molecule has 0 bridgehead atoms. The third-order valence-corrected chi connectivity index (χ3v) is 5.13. The monoisotopic (exact) mass is 392 g/mol. The highest BCUT2D eigenvalue weighted by atomic mass is 32.1. The van der Waals surface area contributed by atoms with E-state index in [1.165, 1.54) is 11.3 Å². The quantitative estimate of drug-likeness (QED) is 0.345. The lowest BCUT2D eigenvalue weighted by Crippen LogP contribution is -2.31. The summed E-state index contributed by atoms with van der Waals surface area (Å²) in [6.45, 7) is 1.89. The van der Waals surface area contributed by atoms with Crippen molar-refractivity contribution in [2.75, 3.05) is 18.4 Å². The number of anilines is 2. The van der Waals surface area contributed by atoms with Gasteiger partial charge in [-0.1, -0.05) is 6.07 Å². The zero-order valence-corrected chi connectivity index (χ0v) is 15.9. The van der Waals surface area contributed by atoms with E-state index in [4.69, 9.17) is 0 Å². The van der Waals surface area contributed by atoms with Crippen molar-refractivity contribution in [3.63, 3.8) is 0 Å². The molecule has 142 valence electrons. The predicted octanol–water partition coefficient (Wildman–Crippen LogP) is 3.28. The van der Waals surface area contributed by atoms with E-state index in [1.807, 2.05) is 48.0 Å². The van der Waals surface area contributed by atoms with Crippen LogP contribution in [0.2, 0.25) is 0 Å². The molecule has 0 aliphatic heterocycles. The zero-order valence-electron chi connectivity index (χ0n) is 15.1. The van der Waals surface area contributed by atoms with Crippen molar-refractivity contribution < 1.29 is 4.79 Å². The first kappa shape index (κ1) is 18.1. The van der Waals surface area contributed by atoms with Crippen molar-refractivity contribution in [2.45, 2.75) is 6.54 Å². The number of amides is 1. The average molecular weight is 392 g/mol. The molecule has 0 atom stereocenters. The normalized spacial score (nSPS) is 10.9. The average Bonchev–Trinajstić information content (AvgIpc) is 3.38. The van der Waals surface area contributed by atoms with E-state index in [0.717, 1.165) is 28.1 Å². The number of thiophene rings is 1. The fourth-order valence-corrected chi connectivity index (χ4v) is 3.63. The lowest BCUT2D eigenvalue weighted by Gasteiger charge is -2.10. The molecule has 1 amide bonds. The lowest BCUT2D eigenvalue weighted by molar-refractivity contribution is 0.0958. The van der Waals surface area contributed by atoms with Crippen LogP contribution >= 0.6 is 11.3 Å². The summed E-state index contributed by atoms with van der Waals surface area (Å²) in [6.07, 6.45) is 5.36. The van der Waals surface area contributed by atoms with Gasteiger partial charge in [0.15, 0.2) is 0 Å². The molecule has 0 saturated heterocycles. The minimum Gasteiger partial charge on any atom is -0.354 e. The van der Waals surface area contributed by atoms with E-state index in [9.17, 15) is 4.79 Å². The van der Waals surface area contributed by atoms with E-state index in [1.54, 1.807) is 12.4 Å². The van der Waals surface area contributed by atoms with Gasteiger partial charge < -0.3 is 20.9 Å². The summed E-state index contributed by atoms with van der Waals surface area (Å²) in [5.74, 6) is -0.0866. The molecule has 0 radical (unpaired) electrons. The first-order chi connectivity index (χ1) is 13.8. The number of fused-ring (bicyclic) bond motifs is 1. The second kappa shape index (κ2) is 8.64. The van der Waals surface area contributed by atoms with Crippen LogP contribution in [0, 0.1) is 0 Å². The number of nitrogens with one attached hydrogen (secondary N) is 4. The van der Waals surface area contributed by atoms with Crippen LogP contribution in [0.25, 0.3) is 11.0 Å². The number of rotatable bonds is 8. The molecule has 0 saturated carbocycles. The minimum absolute atomic E-state index is 0.0866. The van der Waals surface area contributed by atoms with Gasteiger partial charge in [-0.15, -0.1) is 11.3 Å². The van der Waals surface area contributed by atoms with Crippen LogP contribution in [0.1, 0.15) is 15.4 Å². The highest BCUT2D eigenvalue weighted by Crippen LogP contribution is 2.29. The minimum atomic E-state index is -0.0866. The number of hydrogen-bond donors (Lipinski definition) is 4. The summed E-state index contributed by atoms with van der Waals surface area (Å²) in [6, 6.07) is 11.6. The third-order valence-electron chi connectivity index (χ3n) is 4.22. The van der Waals surface area contributed by atoms with Crippen LogP contribution in [-0.4, -0.2) is 33.9 Å². The number of carbonyl (C=O) groups is 1. The largest absolute Gasteiger partial charge is 0.354 e. The molecule has 4 N–H and O–H groups in total. The van der Waals surface area contributed by atoms with Crippen molar-refractivity contribution in [3.05, 3.63) is 70.9 Å². The summed E-state index contributed by atoms with van der Waals surface area (Å²) in [5.41, 5.74) is 3.49. The van der Waals surface area contributed by atoms with Gasteiger partial charge >= 0.3 is 0 Å². The van der Waals surface area contributed by atoms with Crippen LogP contribution in [0.5, 0.6) is 0 Å². The van der Waals surface area contributed by atoms with E-state index in [0.29, 0.717) is 24.5 Å². The molecule has 28 heavy (non-hydrogen) atoms. The fourth-order valence-electron chi connectivity index (χ4n) is 2.86. The molecule has 4 rings (SSSR count). The molecule has 0 spiro atoms. The van der Waals surface area contributed by atoms with Gasteiger partial charge in [0.05, 0.1) is 17.1 Å². The Morgan fingerprint density at radius 3 is 2.89 bits per heavy atom. The van der Waals surface area contributed by atoms with Gasteiger partial charge in [-0.05, 0) is 35.7 Å². The molecule has 0 aliphatic rings. The number of carbonyl (C=O) groups excluding carboxylic acids is 1. The van der Waals surface area contributed by atoms with E-state index in [-0.39, 0.29) is 5.91 Å². The molecule has 0 aliphatic carbocycles. The Morgan fingerprint density at radius 2 is 2.00 bits per heavy atom. The Kier molecular flexibility index (Phi) is 5.60.